The molecule has 0 spiro atoms. The number of hydrogen-bond donors (Lipinski definition) is 1. The molecule has 2 N–H and O–H groups in total. The van der Waals surface area contributed by atoms with Crippen LogP contribution in [-0.4, -0.2) is 10.2 Å². The van der Waals surface area contributed by atoms with Crippen LogP contribution in [0.4, 0.5) is 5.13 Å². The van der Waals surface area contributed by atoms with Gasteiger partial charge in [0.25, 0.3) is 0 Å². The number of rotatable bonds is 2. The molecule has 0 bridgehead atoms. The zero-order valence-electron chi connectivity index (χ0n) is 7.53. The Bertz CT molecular complexity index is 266. The summed E-state index contributed by atoms with van der Waals surface area (Å²) in [5.41, 5.74) is 5.58. The van der Waals surface area contributed by atoms with Crippen molar-refractivity contribution in [3.63, 3.8) is 0 Å². The third kappa shape index (κ3) is 2.61. The van der Waals surface area contributed by atoms with Crippen LogP contribution in [0, 0.1) is 0 Å². The van der Waals surface area contributed by atoms with Crippen molar-refractivity contribution in [1.29, 1.82) is 0 Å². The molecule has 0 aromatic carbocycles. The summed E-state index contributed by atoms with van der Waals surface area (Å²) in [4.78, 5) is 4.06. The normalized spacial score (nSPS) is 19.1. The molecule has 1 aliphatic rings. The lowest BCUT2D eigenvalue weighted by Gasteiger charge is -2.19. The number of nitrogens with zero attached hydrogens (tertiary/aromatic N) is 1. The highest BCUT2D eigenvalue weighted by atomic mass is 32.2. The molecular formula is C9H14N2S2. The van der Waals surface area contributed by atoms with Gasteiger partial charge in [-0.25, -0.2) is 4.98 Å². The highest BCUT2D eigenvalue weighted by molar-refractivity contribution is 8.01. The number of nitrogens with two attached hydrogens (primary N) is 1. The van der Waals surface area contributed by atoms with Gasteiger partial charge in [0.2, 0.25) is 0 Å². The van der Waals surface area contributed by atoms with Gasteiger partial charge in [-0.2, -0.15) is 0 Å². The lowest BCUT2D eigenvalue weighted by atomic mass is 10.0. The van der Waals surface area contributed by atoms with Crippen molar-refractivity contribution >= 4 is 28.2 Å². The number of aromatic nitrogens is 1. The van der Waals surface area contributed by atoms with Gasteiger partial charge in [-0.3, -0.25) is 0 Å². The van der Waals surface area contributed by atoms with Crippen molar-refractivity contribution in [2.45, 2.75) is 41.6 Å². The van der Waals surface area contributed by atoms with E-state index in [1.807, 2.05) is 18.0 Å². The third-order valence-corrected chi connectivity index (χ3v) is 4.64. The summed E-state index contributed by atoms with van der Waals surface area (Å²) in [7, 11) is 0. The van der Waals surface area contributed by atoms with Crippen LogP contribution in [0.15, 0.2) is 10.4 Å². The van der Waals surface area contributed by atoms with Crippen molar-refractivity contribution in [2.75, 3.05) is 5.73 Å². The van der Waals surface area contributed by atoms with Crippen molar-refractivity contribution in [3.05, 3.63) is 6.20 Å². The van der Waals surface area contributed by atoms with Gasteiger partial charge in [-0.15, -0.1) is 11.8 Å². The molecule has 1 heterocycles. The van der Waals surface area contributed by atoms with E-state index in [0.717, 1.165) is 5.25 Å². The van der Waals surface area contributed by atoms with Crippen LogP contribution in [-0.2, 0) is 0 Å². The summed E-state index contributed by atoms with van der Waals surface area (Å²) in [6.07, 6.45) is 8.84. The van der Waals surface area contributed by atoms with Crippen LogP contribution in [0.1, 0.15) is 32.1 Å². The van der Waals surface area contributed by atoms with E-state index in [1.54, 1.807) is 11.3 Å². The SMILES string of the molecule is Nc1ncc(SC2CCCCC2)s1. The Balaban J connectivity index is 1.89. The van der Waals surface area contributed by atoms with E-state index in [0.29, 0.717) is 5.13 Å². The summed E-state index contributed by atoms with van der Waals surface area (Å²) >= 11 is 3.57. The van der Waals surface area contributed by atoms with E-state index in [2.05, 4.69) is 4.98 Å². The minimum absolute atomic E-state index is 0.693. The Morgan fingerprint density at radius 3 is 2.77 bits per heavy atom. The lowest BCUT2D eigenvalue weighted by Crippen LogP contribution is -2.06. The van der Waals surface area contributed by atoms with Gasteiger partial charge in [0.1, 0.15) is 0 Å². The second kappa shape index (κ2) is 4.33. The number of anilines is 1. The molecule has 2 rings (SSSR count). The second-order valence-corrected chi connectivity index (χ2v) is 6.06. The molecule has 0 aliphatic heterocycles. The molecule has 1 aromatic rings. The standard InChI is InChI=1S/C9H14N2S2/c10-9-11-6-8(13-9)12-7-4-2-1-3-5-7/h6-7H,1-5H2,(H2,10,11). The van der Waals surface area contributed by atoms with Crippen molar-refractivity contribution in [3.8, 4) is 0 Å². The minimum Gasteiger partial charge on any atom is -0.375 e. The van der Waals surface area contributed by atoms with Crippen molar-refractivity contribution in [2.24, 2.45) is 0 Å². The van der Waals surface area contributed by atoms with Crippen molar-refractivity contribution in [1.82, 2.24) is 4.98 Å². The highest BCUT2D eigenvalue weighted by Gasteiger charge is 2.15. The maximum absolute atomic E-state index is 5.58. The number of thiazole rings is 1. The topological polar surface area (TPSA) is 38.9 Å². The first-order valence-electron chi connectivity index (χ1n) is 4.72. The monoisotopic (exact) mass is 214 g/mol. The molecule has 0 unspecified atom stereocenters. The smallest absolute Gasteiger partial charge is 0.181 e. The Kier molecular flexibility index (Phi) is 3.11. The fourth-order valence-corrected chi connectivity index (χ4v) is 3.96. The molecule has 0 atom stereocenters. The molecule has 0 saturated heterocycles. The summed E-state index contributed by atoms with van der Waals surface area (Å²) in [5, 5.41) is 1.51. The molecule has 1 aromatic heterocycles. The van der Waals surface area contributed by atoms with E-state index in [4.69, 9.17) is 5.73 Å². The minimum atomic E-state index is 0.693. The summed E-state index contributed by atoms with van der Waals surface area (Å²) in [6, 6.07) is 0. The number of thioether (sulfide) groups is 1. The van der Waals surface area contributed by atoms with Crippen LogP contribution < -0.4 is 5.73 Å². The molecule has 2 nitrogen and oxygen atoms in total. The predicted molar refractivity (Wildman–Crippen MR) is 59.3 cm³/mol. The first-order chi connectivity index (χ1) is 6.34. The first-order valence-corrected chi connectivity index (χ1v) is 6.42. The quantitative estimate of drug-likeness (QED) is 0.822. The Labute approximate surface area is 86.9 Å². The Morgan fingerprint density at radius 1 is 1.38 bits per heavy atom. The average Bonchev–Trinajstić information content (AvgIpc) is 2.53. The molecule has 13 heavy (non-hydrogen) atoms. The Morgan fingerprint density at radius 2 is 2.15 bits per heavy atom. The van der Waals surface area contributed by atoms with Crippen LogP contribution in [0.5, 0.6) is 0 Å². The highest BCUT2D eigenvalue weighted by Crippen LogP contribution is 2.36. The van der Waals surface area contributed by atoms with Gasteiger partial charge in [0.15, 0.2) is 5.13 Å². The van der Waals surface area contributed by atoms with Crippen LogP contribution in [0.25, 0.3) is 0 Å². The van der Waals surface area contributed by atoms with Gasteiger partial charge < -0.3 is 5.73 Å². The van der Waals surface area contributed by atoms with E-state index >= 15 is 0 Å². The first kappa shape index (κ1) is 9.34. The van der Waals surface area contributed by atoms with Crippen LogP contribution in [0.2, 0.25) is 0 Å². The molecule has 4 heteroatoms. The maximum atomic E-state index is 5.58. The summed E-state index contributed by atoms with van der Waals surface area (Å²) in [6.45, 7) is 0. The van der Waals surface area contributed by atoms with Crippen molar-refractivity contribution < 1.29 is 0 Å². The van der Waals surface area contributed by atoms with Gasteiger partial charge >= 0.3 is 0 Å². The van der Waals surface area contributed by atoms with Crippen LogP contribution >= 0.6 is 23.1 Å². The zero-order chi connectivity index (χ0) is 9.10. The third-order valence-electron chi connectivity index (χ3n) is 2.34. The molecule has 1 fully saturated rings. The Hall–Kier alpha value is -0.220. The van der Waals surface area contributed by atoms with Gasteiger partial charge in [0, 0.05) is 5.25 Å². The van der Waals surface area contributed by atoms with E-state index in [9.17, 15) is 0 Å². The fourth-order valence-electron chi connectivity index (χ4n) is 1.67. The van der Waals surface area contributed by atoms with Gasteiger partial charge in [0.05, 0.1) is 10.4 Å². The molecule has 72 valence electrons. The fraction of sp³-hybridized carbons (Fsp3) is 0.667. The molecular weight excluding hydrogens is 200 g/mol. The molecule has 1 aliphatic carbocycles. The number of hydrogen-bond acceptors (Lipinski definition) is 4. The molecule has 0 amide bonds. The largest absolute Gasteiger partial charge is 0.375 e. The average molecular weight is 214 g/mol. The summed E-state index contributed by atoms with van der Waals surface area (Å²) in [5.74, 6) is 0. The maximum Gasteiger partial charge on any atom is 0.181 e. The van der Waals surface area contributed by atoms with Gasteiger partial charge in [-0.1, -0.05) is 30.6 Å². The predicted octanol–water partition coefficient (Wildman–Crippen LogP) is 3.15. The van der Waals surface area contributed by atoms with E-state index in [1.165, 1.54) is 36.3 Å². The molecule has 0 radical (unpaired) electrons. The van der Waals surface area contributed by atoms with E-state index < -0.39 is 0 Å². The van der Waals surface area contributed by atoms with E-state index in [-0.39, 0.29) is 0 Å². The van der Waals surface area contributed by atoms with Crippen LogP contribution in [0.3, 0.4) is 0 Å². The second-order valence-electron chi connectivity index (χ2n) is 3.40. The zero-order valence-corrected chi connectivity index (χ0v) is 9.16. The lowest BCUT2D eigenvalue weighted by molar-refractivity contribution is 0.516. The number of nitrogen functional groups attached to an aromatic ring is 1. The van der Waals surface area contributed by atoms with Gasteiger partial charge in [-0.05, 0) is 12.8 Å². The molecule has 1 saturated carbocycles. The summed E-state index contributed by atoms with van der Waals surface area (Å²) < 4.78 is 1.28.